The van der Waals surface area contributed by atoms with Crippen LogP contribution >= 0.6 is 0 Å². The fraction of sp³-hybridized carbons (Fsp3) is 0.476. The first-order valence-electron chi connectivity index (χ1n) is 9.92. The van der Waals surface area contributed by atoms with Gasteiger partial charge in [-0.05, 0) is 25.5 Å². The van der Waals surface area contributed by atoms with Crippen LogP contribution in [0.2, 0.25) is 0 Å². The molecule has 0 radical (unpaired) electrons. The topological polar surface area (TPSA) is 93.7 Å². The fourth-order valence-corrected chi connectivity index (χ4v) is 2.86. The zero-order valence-corrected chi connectivity index (χ0v) is 18.3. The van der Waals surface area contributed by atoms with E-state index in [1.807, 2.05) is 0 Å². The molecule has 184 valence electrons. The molecule has 1 aromatic carbocycles. The summed E-state index contributed by atoms with van der Waals surface area (Å²) in [4.78, 5) is 37.1. The third-order valence-electron chi connectivity index (χ3n) is 4.23. The van der Waals surface area contributed by atoms with Crippen molar-refractivity contribution >= 4 is 23.4 Å². The molecule has 0 unspecified atom stereocenters. The molecule has 1 aromatic rings. The number of hydrogen-bond donors (Lipinski definition) is 2. The summed E-state index contributed by atoms with van der Waals surface area (Å²) in [6.45, 7) is 1.56. The molecule has 0 spiro atoms. The number of rotatable bonds is 11. The van der Waals surface area contributed by atoms with E-state index in [4.69, 9.17) is 9.47 Å². The van der Waals surface area contributed by atoms with Crippen molar-refractivity contribution in [1.82, 2.24) is 10.6 Å². The fourth-order valence-electron chi connectivity index (χ4n) is 2.86. The van der Waals surface area contributed by atoms with Gasteiger partial charge in [-0.3, -0.25) is 4.79 Å². The van der Waals surface area contributed by atoms with Crippen molar-refractivity contribution in [2.24, 2.45) is 0 Å². The van der Waals surface area contributed by atoms with Crippen LogP contribution in [0.5, 0.6) is 0 Å². The highest BCUT2D eigenvalue weighted by molar-refractivity contribution is 6.08. The summed E-state index contributed by atoms with van der Waals surface area (Å²) in [7, 11) is 0. The zero-order valence-electron chi connectivity index (χ0n) is 18.3. The second-order valence-corrected chi connectivity index (χ2v) is 6.78. The first kappa shape index (κ1) is 28.0. The minimum Gasteiger partial charge on any atom is -0.464 e. The van der Waals surface area contributed by atoms with Gasteiger partial charge >= 0.3 is 18.1 Å². The minimum atomic E-state index is -4.58. The maximum Gasteiger partial charge on any atom is 0.401 e. The number of alkyl halides is 3. The second-order valence-electron chi connectivity index (χ2n) is 6.78. The van der Waals surface area contributed by atoms with Crippen LogP contribution in [0.15, 0.2) is 24.3 Å². The number of halogens is 5. The number of carbonyl (C=O) groups excluding carboxylic acids is 3. The van der Waals surface area contributed by atoms with Gasteiger partial charge < -0.3 is 20.1 Å². The maximum atomic E-state index is 14.4. The smallest absolute Gasteiger partial charge is 0.401 e. The summed E-state index contributed by atoms with van der Waals surface area (Å²) < 4.78 is 75.6. The number of carbonyl (C=O) groups is 3. The highest BCUT2D eigenvalue weighted by Gasteiger charge is 2.49. The Morgan fingerprint density at radius 2 is 1.61 bits per heavy atom. The van der Waals surface area contributed by atoms with E-state index in [1.54, 1.807) is 0 Å². The van der Waals surface area contributed by atoms with Crippen molar-refractivity contribution in [2.45, 2.75) is 38.9 Å². The Labute approximate surface area is 187 Å². The van der Waals surface area contributed by atoms with Crippen LogP contribution < -0.4 is 10.6 Å². The Hall–Kier alpha value is -3.02. The molecular formula is C21H25F5N2O5. The molecule has 0 bridgehead atoms. The maximum absolute atomic E-state index is 14.4. The van der Waals surface area contributed by atoms with Gasteiger partial charge in [0.15, 0.2) is 11.6 Å². The van der Waals surface area contributed by atoms with E-state index in [0.717, 1.165) is 31.2 Å². The molecular weight excluding hydrogens is 455 g/mol. The number of hydrogen-bond acceptors (Lipinski definition) is 6. The molecule has 0 aliphatic heterocycles. The molecule has 0 atom stereocenters. The quantitative estimate of drug-likeness (QED) is 0.288. The van der Waals surface area contributed by atoms with Crippen molar-refractivity contribution in [2.75, 3.05) is 26.3 Å². The van der Waals surface area contributed by atoms with Crippen molar-refractivity contribution in [3.63, 3.8) is 0 Å². The number of ether oxygens (including phenoxy) is 2. The molecule has 0 aromatic heterocycles. The molecule has 0 saturated carbocycles. The first-order valence-corrected chi connectivity index (χ1v) is 9.92. The van der Waals surface area contributed by atoms with Crippen molar-refractivity contribution in [3.8, 4) is 0 Å². The van der Waals surface area contributed by atoms with Gasteiger partial charge in [-0.15, -0.1) is 0 Å². The van der Waals surface area contributed by atoms with E-state index >= 15 is 0 Å². The Kier molecular flexibility index (Phi) is 10.4. The van der Waals surface area contributed by atoms with Crippen molar-refractivity contribution in [3.05, 3.63) is 41.5 Å². The van der Waals surface area contributed by atoms with Crippen LogP contribution in [0.1, 0.15) is 32.8 Å². The molecule has 2 N–H and O–H groups in total. The predicted octanol–water partition coefficient (Wildman–Crippen LogP) is 2.89. The van der Waals surface area contributed by atoms with E-state index in [2.05, 4.69) is 10.6 Å². The molecule has 0 heterocycles. The van der Waals surface area contributed by atoms with Crippen molar-refractivity contribution < 1.29 is 45.8 Å². The van der Waals surface area contributed by atoms with Gasteiger partial charge in [-0.1, -0.05) is 18.2 Å². The molecule has 33 heavy (non-hydrogen) atoms. The van der Waals surface area contributed by atoms with Gasteiger partial charge in [-0.25, -0.2) is 18.4 Å². The van der Waals surface area contributed by atoms with Gasteiger partial charge in [0.1, 0.15) is 0 Å². The van der Waals surface area contributed by atoms with Crippen LogP contribution in [0.25, 0.3) is 5.57 Å². The lowest BCUT2D eigenvalue weighted by atomic mass is 9.91. The molecule has 1 amide bonds. The van der Waals surface area contributed by atoms with E-state index in [9.17, 15) is 36.3 Å². The highest BCUT2D eigenvalue weighted by atomic mass is 19.4. The minimum absolute atomic E-state index is 0.165. The van der Waals surface area contributed by atoms with Gasteiger partial charge in [-0.2, -0.15) is 13.2 Å². The summed E-state index contributed by atoms with van der Waals surface area (Å²) in [6.07, 6.45) is -4.20. The lowest BCUT2D eigenvalue weighted by molar-refractivity contribution is -0.167. The van der Waals surface area contributed by atoms with E-state index in [0.29, 0.717) is 0 Å². The van der Waals surface area contributed by atoms with E-state index < -0.39 is 66.3 Å². The first-order chi connectivity index (χ1) is 15.4. The van der Waals surface area contributed by atoms with Crippen LogP contribution in [0, 0.1) is 11.6 Å². The molecule has 0 saturated heterocycles. The largest absolute Gasteiger partial charge is 0.464 e. The van der Waals surface area contributed by atoms with E-state index in [-0.39, 0.29) is 18.8 Å². The lowest BCUT2D eigenvalue weighted by Gasteiger charge is -2.29. The average Bonchev–Trinajstić information content (AvgIpc) is 2.71. The van der Waals surface area contributed by atoms with Crippen LogP contribution in [0.4, 0.5) is 22.0 Å². The third-order valence-corrected chi connectivity index (χ3v) is 4.23. The van der Waals surface area contributed by atoms with Crippen LogP contribution in [-0.4, -0.2) is 55.9 Å². The average molecular weight is 480 g/mol. The highest BCUT2D eigenvalue weighted by Crippen LogP contribution is 2.25. The number of nitrogens with one attached hydrogen (secondary N) is 2. The van der Waals surface area contributed by atoms with E-state index in [1.165, 1.54) is 13.8 Å². The standard InChI is InChI=1S/C21H25F5N2O5/c1-4-32-18(30)20(28-13(3)29,19(31)33-5-2)10-9-14(11-27-12-21(24,25)26)15-7-6-8-16(22)17(15)23/h6-9,27H,4-5,10-12H2,1-3H3,(H,28,29)/b14-9+. The Morgan fingerprint density at radius 3 is 2.09 bits per heavy atom. The zero-order chi connectivity index (χ0) is 25.2. The molecule has 0 fully saturated rings. The summed E-state index contributed by atoms with van der Waals surface area (Å²) in [6, 6.07) is 3.08. The molecule has 0 aliphatic rings. The van der Waals surface area contributed by atoms with Crippen molar-refractivity contribution in [1.29, 1.82) is 0 Å². The number of benzene rings is 1. The number of esters is 2. The SMILES string of the molecule is CCOC(=O)C(C/C=C(\CNCC(F)(F)F)c1cccc(F)c1F)(NC(C)=O)C(=O)OCC. The van der Waals surface area contributed by atoms with Crippen LogP contribution in [0.3, 0.4) is 0 Å². The summed E-state index contributed by atoms with van der Waals surface area (Å²) in [5, 5.41) is 4.23. The summed E-state index contributed by atoms with van der Waals surface area (Å²) in [5.41, 5.74) is -2.98. The second kappa shape index (κ2) is 12.3. The Balaban J connectivity index is 3.52. The third kappa shape index (κ3) is 8.12. The normalized spacial score (nSPS) is 12.3. The van der Waals surface area contributed by atoms with Gasteiger partial charge in [0, 0.05) is 25.5 Å². The van der Waals surface area contributed by atoms with Gasteiger partial charge in [0.2, 0.25) is 11.4 Å². The number of amides is 1. The van der Waals surface area contributed by atoms with Crippen LogP contribution in [-0.2, 0) is 23.9 Å². The molecule has 1 rings (SSSR count). The lowest BCUT2D eigenvalue weighted by Crippen LogP contribution is -2.60. The summed E-state index contributed by atoms with van der Waals surface area (Å²) >= 11 is 0. The summed E-state index contributed by atoms with van der Waals surface area (Å²) in [5.74, 6) is -5.76. The molecule has 0 aliphatic carbocycles. The molecule has 7 nitrogen and oxygen atoms in total. The monoisotopic (exact) mass is 480 g/mol. The van der Waals surface area contributed by atoms with Gasteiger partial charge in [0.05, 0.1) is 19.8 Å². The van der Waals surface area contributed by atoms with Gasteiger partial charge in [0.25, 0.3) is 0 Å². The molecule has 12 heteroatoms. The Morgan fingerprint density at radius 1 is 1.03 bits per heavy atom. The Bertz CT molecular complexity index is 868. The predicted molar refractivity (Wildman–Crippen MR) is 108 cm³/mol.